The molecule has 0 heterocycles. The molecule has 0 atom stereocenters. The van der Waals surface area contributed by atoms with Crippen molar-refractivity contribution in [1.29, 1.82) is 0 Å². The zero-order chi connectivity index (χ0) is 8.27. The van der Waals surface area contributed by atoms with Crippen LogP contribution in [0.15, 0.2) is 24.3 Å². The molecule has 1 aromatic rings. The number of rotatable bonds is 2. The van der Waals surface area contributed by atoms with Crippen molar-refractivity contribution in [2.75, 3.05) is 12.3 Å². The highest BCUT2D eigenvalue weighted by molar-refractivity contribution is 5.97. The Kier molecular flexibility index (Phi) is 4.33. The SMILES string of the molecule is Cl.NCC(=O)c1ccc(N)cc1. The van der Waals surface area contributed by atoms with Crippen molar-refractivity contribution in [2.24, 2.45) is 5.73 Å². The predicted octanol–water partition coefficient (Wildman–Crippen LogP) is 0.832. The van der Waals surface area contributed by atoms with Crippen LogP contribution in [-0.2, 0) is 0 Å². The molecule has 0 unspecified atom stereocenters. The van der Waals surface area contributed by atoms with E-state index in [-0.39, 0.29) is 24.7 Å². The van der Waals surface area contributed by atoms with Gasteiger partial charge in [0.15, 0.2) is 5.78 Å². The van der Waals surface area contributed by atoms with E-state index in [9.17, 15) is 4.79 Å². The average molecular weight is 187 g/mol. The summed E-state index contributed by atoms with van der Waals surface area (Å²) in [6.07, 6.45) is 0. The Balaban J connectivity index is 0.00000121. The number of nitrogen functional groups attached to an aromatic ring is 1. The van der Waals surface area contributed by atoms with Gasteiger partial charge in [0, 0.05) is 11.3 Å². The number of benzene rings is 1. The third kappa shape index (κ3) is 2.53. The molecule has 1 rings (SSSR count). The number of carbonyl (C=O) groups is 1. The van der Waals surface area contributed by atoms with Gasteiger partial charge in [-0.05, 0) is 24.3 Å². The molecule has 0 saturated heterocycles. The topological polar surface area (TPSA) is 69.1 Å². The molecule has 12 heavy (non-hydrogen) atoms. The van der Waals surface area contributed by atoms with Crippen molar-refractivity contribution in [1.82, 2.24) is 0 Å². The lowest BCUT2D eigenvalue weighted by Gasteiger charge is -1.96. The van der Waals surface area contributed by atoms with E-state index >= 15 is 0 Å². The maximum Gasteiger partial charge on any atom is 0.176 e. The van der Waals surface area contributed by atoms with Crippen molar-refractivity contribution < 1.29 is 4.79 Å². The molecule has 0 spiro atoms. The van der Waals surface area contributed by atoms with E-state index in [1.807, 2.05) is 0 Å². The number of ketones is 1. The number of hydrogen-bond acceptors (Lipinski definition) is 3. The van der Waals surface area contributed by atoms with Gasteiger partial charge in [0.05, 0.1) is 6.54 Å². The van der Waals surface area contributed by atoms with Gasteiger partial charge in [0.2, 0.25) is 0 Å². The molecule has 0 aliphatic rings. The van der Waals surface area contributed by atoms with Crippen LogP contribution in [0.1, 0.15) is 10.4 Å². The summed E-state index contributed by atoms with van der Waals surface area (Å²) in [5.74, 6) is -0.0648. The number of Topliss-reactive ketones (excluding diaryl/α,β-unsaturated/α-hetero) is 1. The highest BCUT2D eigenvalue weighted by Gasteiger charge is 2.00. The summed E-state index contributed by atoms with van der Waals surface area (Å²) < 4.78 is 0. The second kappa shape index (κ2) is 4.74. The van der Waals surface area contributed by atoms with E-state index in [1.54, 1.807) is 24.3 Å². The molecule has 1 aromatic carbocycles. The van der Waals surface area contributed by atoms with E-state index in [4.69, 9.17) is 11.5 Å². The molecule has 0 aromatic heterocycles. The molecular weight excluding hydrogens is 176 g/mol. The Bertz CT molecular complexity index is 258. The van der Waals surface area contributed by atoms with Crippen molar-refractivity contribution in [3.63, 3.8) is 0 Å². The molecule has 0 bridgehead atoms. The summed E-state index contributed by atoms with van der Waals surface area (Å²) in [5.41, 5.74) is 11.9. The monoisotopic (exact) mass is 186 g/mol. The quantitative estimate of drug-likeness (QED) is 0.531. The van der Waals surface area contributed by atoms with Gasteiger partial charge in [0.25, 0.3) is 0 Å². The molecule has 0 amide bonds. The lowest BCUT2D eigenvalue weighted by molar-refractivity contribution is 0.100. The minimum absolute atomic E-state index is 0. The van der Waals surface area contributed by atoms with E-state index in [1.165, 1.54) is 0 Å². The van der Waals surface area contributed by atoms with Gasteiger partial charge in [-0.3, -0.25) is 4.79 Å². The van der Waals surface area contributed by atoms with Crippen molar-refractivity contribution in [3.8, 4) is 0 Å². The Labute approximate surface area is 77.2 Å². The molecule has 0 saturated carbocycles. The summed E-state index contributed by atoms with van der Waals surface area (Å²) in [7, 11) is 0. The Morgan fingerprint density at radius 1 is 1.25 bits per heavy atom. The number of hydrogen-bond donors (Lipinski definition) is 2. The molecule has 4 N–H and O–H groups in total. The number of carbonyl (C=O) groups excluding carboxylic acids is 1. The van der Waals surface area contributed by atoms with Gasteiger partial charge in [0.1, 0.15) is 0 Å². The fraction of sp³-hybridized carbons (Fsp3) is 0.125. The summed E-state index contributed by atoms with van der Waals surface area (Å²) >= 11 is 0. The standard InChI is InChI=1S/C8H10N2O.ClH/c9-5-8(11)6-1-3-7(10)4-2-6;/h1-4H,5,9-10H2;1H. The molecule has 0 radical (unpaired) electrons. The molecule has 0 fully saturated rings. The van der Waals surface area contributed by atoms with Gasteiger partial charge >= 0.3 is 0 Å². The number of anilines is 1. The van der Waals surface area contributed by atoms with Crippen LogP contribution in [0.25, 0.3) is 0 Å². The first-order chi connectivity index (χ1) is 5.24. The first-order valence-corrected chi connectivity index (χ1v) is 3.33. The predicted molar refractivity (Wildman–Crippen MR) is 51.5 cm³/mol. The zero-order valence-corrected chi connectivity index (χ0v) is 7.30. The van der Waals surface area contributed by atoms with Gasteiger partial charge < -0.3 is 11.5 Å². The lowest BCUT2D eigenvalue weighted by atomic mass is 10.1. The van der Waals surface area contributed by atoms with Crippen molar-refractivity contribution in [2.45, 2.75) is 0 Å². The lowest BCUT2D eigenvalue weighted by Crippen LogP contribution is -2.13. The van der Waals surface area contributed by atoms with Gasteiger partial charge in [-0.25, -0.2) is 0 Å². The summed E-state index contributed by atoms with van der Waals surface area (Å²) in [4.78, 5) is 11.0. The molecule has 4 heteroatoms. The average Bonchev–Trinajstić information content (AvgIpc) is 2.05. The summed E-state index contributed by atoms with van der Waals surface area (Å²) in [5, 5.41) is 0. The Hall–Kier alpha value is -1.06. The molecule has 3 nitrogen and oxygen atoms in total. The molecule has 0 aliphatic heterocycles. The van der Waals surface area contributed by atoms with Crippen LogP contribution in [0.5, 0.6) is 0 Å². The highest BCUT2D eigenvalue weighted by atomic mass is 35.5. The fourth-order valence-corrected chi connectivity index (χ4v) is 0.787. The van der Waals surface area contributed by atoms with Crippen molar-refractivity contribution in [3.05, 3.63) is 29.8 Å². The van der Waals surface area contributed by atoms with Crippen LogP contribution in [0.4, 0.5) is 5.69 Å². The maximum atomic E-state index is 11.0. The van der Waals surface area contributed by atoms with Crippen LogP contribution in [-0.4, -0.2) is 12.3 Å². The van der Waals surface area contributed by atoms with Crippen LogP contribution < -0.4 is 11.5 Å². The molecule has 66 valence electrons. The van der Waals surface area contributed by atoms with Gasteiger partial charge in [-0.1, -0.05) is 0 Å². The van der Waals surface area contributed by atoms with Crippen molar-refractivity contribution >= 4 is 23.9 Å². The smallest absolute Gasteiger partial charge is 0.176 e. The van der Waals surface area contributed by atoms with Crippen LogP contribution >= 0.6 is 12.4 Å². The highest BCUT2D eigenvalue weighted by Crippen LogP contribution is 2.05. The largest absolute Gasteiger partial charge is 0.399 e. The van der Waals surface area contributed by atoms with E-state index in [2.05, 4.69) is 0 Å². The van der Waals surface area contributed by atoms with Crippen LogP contribution in [0, 0.1) is 0 Å². The normalized spacial score (nSPS) is 8.75. The third-order valence-electron chi connectivity index (χ3n) is 1.42. The van der Waals surface area contributed by atoms with Gasteiger partial charge in [-0.15, -0.1) is 12.4 Å². The van der Waals surface area contributed by atoms with E-state index in [0.717, 1.165) is 0 Å². The van der Waals surface area contributed by atoms with E-state index in [0.29, 0.717) is 11.3 Å². The minimum Gasteiger partial charge on any atom is -0.399 e. The first-order valence-electron chi connectivity index (χ1n) is 3.33. The van der Waals surface area contributed by atoms with Crippen LogP contribution in [0.2, 0.25) is 0 Å². The summed E-state index contributed by atoms with van der Waals surface area (Å²) in [6.45, 7) is 0.0456. The maximum absolute atomic E-state index is 11.0. The Morgan fingerprint density at radius 3 is 2.17 bits per heavy atom. The third-order valence-corrected chi connectivity index (χ3v) is 1.42. The summed E-state index contributed by atoms with van der Waals surface area (Å²) in [6, 6.07) is 6.71. The first kappa shape index (κ1) is 10.9. The second-order valence-corrected chi connectivity index (χ2v) is 2.25. The second-order valence-electron chi connectivity index (χ2n) is 2.25. The molecule has 0 aliphatic carbocycles. The van der Waals surface area contributed by atoms with Gasteiger partial charge in [-0.2, -0.15) is 0 Å². The number of nitrogens with two attached hydrogens (primary N) is 2. The van der Waals surface area contributed by atoms with E-state index < -0.39 is 0 Å². The zero-order valence-electron chi connectivity index (χ0n) is 6.49. The molecular formula is C8H11ClN2O. The number of halogens is 1. The van der Waals surface area contributed by atoms with Crippen LogP contribution in [0.3, 0.4) is 0 Å². The Morgan fingerprint density at radius 2 is 1.75 bits per heavy atom. The minimum atomic E-state index is -0.0648. The fourth-order valence-electron chi connectivity index (χ4n) is 0.787.